The lowest BCUT2D eigenvalue weighted by molar-refractivity contribution is 0.415. The van der Waals surface area contributed by atoms with Gasteiger partial charge in [0.2, 0.25) is 0 Å². The van der Waals surface area contributed by atoms with Gasteiger partial charge in [-0.05, 0) is 51.1 Å². The molecule has 0 saturated carbocycles. The Bertz CT molecular complexity index is 524. The van der Waals surface area contributed by atoms with Crippen LogP contribution in [0.15, 0.2) is 33.4 Å². The average Bonchev–Trinajstić information content (AvgIpc) is 2.82. The van der Waals surface area contributed by atoms with Crippen molar-refractivity contribution in [3.63, 3.8) is 0 Å². The number of hydrogen-bond acceptors (Lipinski definition) is 3. The number of hydrogen-bond donors (Lipinski definition) is 1. The van der Waals surface area contributed by atoms with Crippen LogP contribution < -0.4 is 10.1 Å². The maximum Gasteiger partial charge on any atom is 0.119 e. The molecule has 1 N–H and O–H groups in total. The second-order valence-corrected chi connectivity index (χ2v) is 5.53. The van der Waals surface area contributed by atoms with Crippen LogP contribution in [-0.4, -0.2) is 13.7 Å². The number of methoxy groups -OCH3 is 1. The van der Waals surface area contributed by atoms with Gasteiger partial charge >= 0.3 is 0 Å². The summed E-state index contributed by atoms with van der Waals surface area (Å²) < 4.78 is 6.46. The molecule has 0 aliphatic rings. The third-order valence-corrected chi connectivity index (χ3v) is 4.49. The van der Waals surface area contributed by atoms with Crippen LogP contribution in [0.5, 0.6) is 5.75 Å². The summed E-state index contributed by atoms with van der Waals surface area (Å²) >= 11 is 5.30. The van der Waals surface area contributed by atoms with E-state index in [-0.39, 0.29) is 0 Å². The van der Waals surface area contributed by atoms with Crippen molar-refractivity contribution in [3.8, 4) is 16.9 Å². The van der Waals surface area contributed by atoms with E-state index in [1.165, 1.54) is 16.7 Å². The smallest absolute Gasteiger partial charge is 0.119 e. The van der Waals surface area contributed by atoms with Gasteiger partial charge in [0, 0.05) is 22.0 Å². The van der Waals surface area contributed by atoms with Gasteiger partial charge in [0.1, 0.15) is 5.75 Å². The highest BCUT2D eigenvalue weighted by atomic mass is 79.9. The summed E-state index contributed by atoms with van der Waals surface area (Å²) in [6.07, 6.45) is 0. The van der Waals surface area contributed by atoms with Crippen molar-refractivity contribution in [2.75, 3.05) is 13.7 Å². The number of thiophene rings is 1. The molecule has 2 aromatic rings. The molecular weight excluding hydrogens is 310 g/mol. The molecular formula is C14H16BrNOS. The first-order chi connectivity index (χ1) is 8.76. The van der Waals surface area contributed by atoms with Gasteiger partial charge in [-0.15, -0.1) is 0 Å². The molecule has 0 atom stereocenters. The predicted octanol–water partition coefficient (Wildman–Crippen LogP) is 4.30. The Hall–Kier alpha value is -0.840. The second kappa shape index (κ2) is 6.36. The van der Waals surface area contributed by atoms with Gasteiger partial charge in [-0.2, -0.15) is 11.3 Å². The zero-order valence-electron chi connectivity index (χ0n) is 10.5. The largest absolute Gasteiger partial charge is 0.497 e. The van der Waals surface area contributed by atoms with Crippen LogP contribution in [0.2, 0.25) is 0 Å². The highest BCUT2D eigenvalue weighted by molar-refractivity contribution is 9.10. The Kier molecular flexibility index (Phi) is 4.80. The summed E-state index contributed by atoms with van der Waals surface area (Å²) in [6.45, 7) is 3.96. The summed E-state index contributed by atoms with van der Waals surface area (Å²) in [6, 6.07) is 6.23. The zero-order chi connectivity index (χ0) is 13.0. The SMILES string of the molecule is CCNCc1ccc(OC)cc1-c1cscc1Br. The maximum atomic E-state index is 5.32. The first-order valence-corrected chi connectivity index (χ1v) is 7.59. The minimum atomic E-state index is 0.873. The number of ether oxygens (including phenoxy) is 1. The first-order valence-electron chi connectivity index (χ1n) is 5.86. The molecule has 0 aliphatic heterocycles. The normalized spacial score (nSPS) is 10.6. The van der Waals surface area contributed by atoms with Gasteiger partial charge in [0.25, 0.3) is 0 Å². The van der Waals surface area contributed by atoms with E-state index in [0.717, 1.165) is 23.3 Å². The Morgan fingerprint density at radius 1 is 1.28 bits per heavy atom. The Morgan fingerprint density at radius 3 is 2.72 bits per heavy atom. The molecule has 1 aromatic carbocycles. The highest BCUT2D eigenvalue weighted by Gasteiger charge is 2.10. The summed E-state index contributed by atoms with van der Waals surface area (Å²) in [5.74, 6) is 0.892. The van der Waals surface area contributed by atoms with E-state index in [1.54, 1.807) is 18.4 Å². The second-order valence-electron chi connectivity index (χ2n) is 3.94. The van der Waals surface area contributed by atoms with Gasteiger partial charge in [-0.3, -0.25) is 0 Å². The Labute approximate surface area is 120 Å². The summed E-state index contributed by atoms with van der Waals surface area (Å²) in [7, 11) is 1.70. The molecule has 0 unspecified atom stereocenters. The molecule has 0 fully saturated rings. The van der Waals surface area contributed by atoms with Crippen LogP contribution in [0.1, 0.15) is 12.5 Å². The molecule has 0 radical (unpaired) electrons. The van der Waals surface area contributed by atoms with Crippen molar-refractivity contribution in [3.05, 3.63) is 39.0 Å². The molecule has 2 nitrogen and oxygen atoms in total. The first kappa shape index (κ1) is 13.6. The van der Waals surface area contributed by atoms with E-state index in [1.807, 2.05) is 6.07 Å². The minimum Gasteiger partial charge on any atom is -0.497 e. The number of rotatable bonds is 5. The number of halogens is 1. The van der Waals surface area contributed by atoms with Crippen LogP contribution in [0.3, 0.4) is 0 Å². The standard InChI is InChI=1S/C14H16BrNOS/c1-3-16-7-10-4-5-11(17-2)6-12(10)13-8-18-9-14(13)15/h4-6,8-9,16H,3,7H2,1-2H3. The van der Waals surface area contributed by atoms with Gasteiger partial charge in [0.05, 0.1) is 7.11 Å². The molecule has 1 heterocycles. The molecule has 2 rings (SSSR count). The monoisotopic (exact) mass is 325 g/mol. The number of benzene rings is 1. The zero-order valence-corrected chi connectivity index (χ0v) is 12.9. The summed E-state index contributed by atoms with van der Waals surface area (Å²) in [5, 5.41) is 7.64. The van der Waals surface area contributed by atoms with E-state index in [0.29, 0.717) is 0 Å². The Balaban J connectivity index is 2.44. The lowest BCUT2D eigenvalue weighted by atomic mass is 10.0. The molecule has 0 aliphatic carbocycles. The fourth-order valence-electron chi connectivity index (χ4n) is 1.82. The fraction of sp³-hybridized carbons (Fsp3) is 0.286. The fourth-order valence-corrected chi connectivity index (χ4v) is 3.33. The number of nitrogens with one attached hydrogen (secondary N) is 1. The van der Waals surface area contributed by atoms with Crippen LogP contribution in [0.4, 0.5) is 0 Å². The van der Waals surface area contributed by atoms with Crippen LogP contribution in [-0.2, 0) is 6.54 Å². The average molecular weight is 326 g/mol. The van der Waals surface area contributed by atoms with Crippen molar-refractivity contribution in [2.45, 2.75) is 13.5 Å². The van der Waals surface area contributed by atoms with Crippen molar-refractivity contribution in [1.82, 2.24) is 5.32 Å². The lowest BCUT2D eigenvalue weighted by Gasteiger charge is -2.11. The van der Waals surface area contributed by atoms with E-state index >= 15 is 0 Å². The maximum absolute atomic E-state index is 5.32. The topological polar surface area (TPSA) is 21.3 Å². The van der Waals surface area contributed by atoms with Crippen molar-refractivity contribution in [2.24, 2.45) is 0 Å². The lowest BCUT2D eigenvalue weighted by Crippen LogP contribution is -2.12. The van der Waals surface area contributed by atoms with Crippen molar-refractivity contribution in [1.29, 1.82) is 0 Å². The molecule has 1 aromatic heterocycles. The van der Waals surface area contributed by atoms with E-state index in [4.69, 9.17) is 4.74 Å². The van der Waals surface area contributed by atoms with Gasteiger partial charge in [-0.25, -0.2) is 0 Å². The van der Waals surface area contributed by atoms with E-state index in [2.05, 4.69) is 51.1 Å². The van der Waals surface area contributed by atoms with Gasteiger partial charge < -0.3 is 10.1 Å². The minimum absolute atomic E-state index is 0.873. The van der Waals surface area contributed by atoms with Crippen molar-refractivity contribution >= 4 is 27.3 Å². The molecule has 0 bridgehead atoms. The predicted molar refractivity (Wildman–Crippen MR) is 81.4 cm³/mol. The Morgan fingerprint density at radius 2 is 2.11 bits per heavy atom. The van der Waals surface area contributed by atoms with Crippen LogP contribution in [0.25, 0.3) is 11.1 Å². The van der Waals surface area contributed by atoms with Crippen molar-refractivity contribution < 1.29 is 4.74 Å². The highest BCUT2D eigenvalue weighted by Crippen LogP contribution is 2.35. The summed E-state index contributed by atoms with van der Waals surface area (Å²) in [5.41, 5.74) is 3.74. The van der Waals surface area contributed by atoms with Crippen LogP contribution in [0, 0.1) is 0 Å². The van der Waals surface area contributed by atoms with Gasteiger partial charge in [0.15, 0.2) is 0 Å². The molecule has 0 saturated heterocycles. The van der Waals surface area contributed by atoms with E-state index < -0.39 is 0 Å². The van der Waals surface area contributed by atoms with E-state index in [9.17, 15) is 0 Å². The molecule has 96 valence electrons. The molecule has 0 amide bonds. The molecule has 0 spiro atoms. The van der Waals surface area contributed by atoms with Gasteiger partial charge in [-0.1, -0.05) is 13.0 Å². The van der Waals surface area contributed by atoms with Crippen LogP contribution >= 0.6 is 27.3 Å². The quantitative estimate of drug-likeness (QED) is 0.885. The third kappa shape index (κ3) is 2.94. The molecule has 18 heavy (non-hydrogen) atoms. The molecule has 4 heteroatoms. The third-order valence-electron chi connectivity index (χ3n) is 2.79. The summed E-state index contributed by atoms with van der Waals surface area (Å²) in [4.78, 5) is 0.